The molecule has 0 bridgehead atoms. The number of ether oxygens (including phenoxy) is 3. The average Bonchev–Trinajstić information content (AvgIpc) is 3.49. The largest absolute Gasteiger partial charge is 0.493 e. The topological polar surface area (TPSA) is 74.5 Å². The van der Waals surface area contributed by atoms with Gasteiger partial charge in [0.1, 0.15) is 11.6 Å². The molecule has 1 saturated heterocycles. The summed E-state index contributed by atoms with van der Waals surface area (Å²) in [5.74, 6) is 1.59. The SMILES string of the molecule is COc1cc(Cn2cnc3cc(N4CCOCC4)cnc32)cc2c1OC(c1csc(C)n1)CC2. The number of morpholine rings is 1. The molecule has 34 heavy (non-hydrogen) atoms. The molecular formula is C25H27N5O3S. The lowest BCUT2D eigenvalue weighted by Gasteiger charge is -2.28. The minimum absolute atomic E-state index is 0.0281. The van der Waals surface area contributed by atoms with Gasteiger partial charge in [0.15, 0.2) is 17.1 Å². The lowest BCUT2D eigenvalue weighted by Crippen LogP contribution is -2.36. The Hall–Kier alpha value is -3.17. The van der Waals surface area contributed by atoms with Gasteiger partial charge in [0.05, 0.1) is 55.8 Å². The van der Waals surface area contributed by atoms with E-state index in [4.69, 9.17) is 19.2 Å². The second kappa shape index (κ2) is 8.88. The van der Waals surface area contributed by atoms with Crippen molar-refractivity contribution in [2.75, 3.05) is 38.3 Å². The van der Waals surface area contributed by atoms with E-state index in [1.807, 2.05) is 19.4 Å². The number of aryl methyl sites for hydroxylation is 2. The smallest absolute Gasteiger partial charge is 0.165 e. The summed E-state index contributed by atoms with van der Waals surface area (Å²) in [6.45, 7) is 5.96. The number of imidazole rings is 1. The summed E-state index contributed by atoms with van der Waals surface area (Å²) in [5.41, 5.74) is 6.19. The lowest BCUT2D eigenvalue weighted by atomic mass is 9.98. The number of hydrogen-bond acceptors (Lipinski definition) is 8. The van der Waals surface area contributed by atoms with Crippen molar-refractivity contribution in [3.8, 4) is 11.5 Å². The molecule has 0 radical (unpaired) electrons. The lowest BCUT2D eigenvalue weighted by molar-refractivity contribution is 0.122. The van der Waals surface area contributed by atoms with Crippen molar-refractivity contribution in [3.05, 3.63) is 57.9 Å². The molecule has 1 aromatic carbocycles. The highest BCUT2D eigenvalue weighted by molar-refractivity contribution is 7.09. The van der Waals surface area contributed by atoms with Gasteiger partial charge in [-0.1, -0.05) is 6.07 Å². The van der Waals surface area contributed by atoms with Crippen LogP contribution >= 0.6 is 11.3 Å². The molecule has 4 aromatic rings. The minimum Gasteiger partial charge on any atom is -0.493 e. The second-order valence-corrected chi connectivity index (χ2v) is 9.79. The van der Waals surface area contributed by atoms with Gasteiger partial charge in [-0.05, 0) is 43.0 Å². The first-order valence-corrected chi connectivity index (χ1v) is 12.5. The van der Waals surface area contributed by atoms with Gasteiger partial charge in [0.25, 0.3) is 0 Å². The summed E-state index contributed by atoms with van der Waals surface area (Å²) < 4.78 is 19.6. The van der Waals surface area contributed by atoms with E-state index in [0.717, 1.165) is 83.8 Å². The van der Waals surface area contributed by atoms with Crippen LogP contribution in [0.1, 0.15) is 34.4 Å². The van der Waals surface area contributed by atoms with Crippen molar-refractivity contribution in [1.29, 1.82) is 0 Å². The molecule has 3 aromatic heterocycles. The molecule has 176 valence electrons. The van der Waals surface area contributed by atoms with Gasteiger partial charge in [-0.15, -0.1) is 11.3 Å². The number of hydrogen-bond donors (Lipinski definition) is 0. The summed E-state index contributed by atoms with van der Waals surface area (Å²) in [4.78, 5) is 16.3. The second-order valence-electron chi connectivity index (χ2n) is 8.73. The maximum atomic E-state index is 6.36. The van der Waals surface area contributed by atoms with Crippen molar-refractivity contribution >= 4 is 28.2 Å². The molecule has 0 saturated carbocycles. The number of benzene rings is 1. The molecule has 0 N–H and O–H groups in total. The van der Waals surface area contributed by atoms with Gasteiger partial charge in [0.2, 0.25) is 0 Å². The third kappa shape index (κ3) is 3.99. The fourth-order valence-electron chi connectivity index (χ4n) is 4.75. The number of thiazole rings is 1. The number of rotatable bonds is 5. The van der Waals surface area contributed by atoms with Crippen LogP contribution in [0.3, 0.4) is 0 Å². The number of pyridine rings is 1. The Morgan fingerprint density at radius 2 is 2.06 bits per heavy atom. The Morgan fingerprint density at radius 1 is 1.18 bits per heavy atom. The molecule has 6 rings (SSSR count). The predicted octanol–water partition coefficient (Wildman–Crippen LogP) is 4.16. The van der Waals surface area contributed by atoms with Crippen LogP contribution in [0.2, 0.25) is 0 Å². The van der Waals surface area contributed by atoms with E-state index in [9.17, 15) is 0 Å². The number of anilines is 1. The van der Waals surface area contributed by atoms with Crippen LogP contribution in [0.4, 0.5) is 5.69 Å². The van der Waals surface area contributed by atoms with Crippen molar-refractivity contribution < 1.29 is 14.2 Å². The summed E-state index contributed by atoms with van der Waals surface area (Å²) in [6, 6.07) is 6.39. The molecular weight excluding hydrogens is 450 g/mol. The maximum absolute atomic E-state index is 6.36. The van der Waals surface area contributed by atoms with Crippen LogP contribution < -0.4 is 14.4 Å². The Balaban J connectivity index is 1.25. The van der Waals surface area contributed by atoms with E-state index in [1.165, 1.54) is 5.56 Å². The number of aromatic nitrogens is 4. The van der Waals surface area contributed by atoms with Crippen molar-refractivity contribution in [2.45, 2.75) is 32.4 Å². The first-order valence-electron chi connectivity index (χ1n) is 11.6. The fourth-order valence-corrected chi connectivity index (χ4v) is 5.41. The summed E-state index contributed by atoms with van der Waals surface area (Å²) in [5, 5.41) is 3.15. The van der Waals surface area contributed by atoms with Crippen LogP contribution in [0, 0.1) is 6.92 Å². The highest BCUT2D eigenvalue weighted by Gasteiger charge is 2.26. The summed E-state index contributed by atoms with van der Waals surface area (Å²) >= 11 is 1.66. The molecule has 8 nitrogen and oxygen atoms in total. The first-order chi connectivity index (χ1) is 16.7. The molecule has 0 amide bonds. The van der Waals surface area contributed by atoms with Gasteiger partial charge in [-0.3, -0.25) is 0 Å². The molecule has 1 atom stereocenters. The summed E-state index contributed by atoms with van der Waals surface area (Å²) in [7, 11) is 1.70. The van der Waals surface area contributed by atoms with Crippen LogP contribution in [0.25, 0.3) is 11.2 Å². The Labute approximate surface area is 202 Å². The van der Waals surface area contributed by atoms with E-state index < -0.39 is 0 Å². The van der Waals surface area contributed by atoms with Gasteiger partial charge >= 0.3 is 0 Å². The molecule has 0 spiro atoms. The standard InChI is InChI=1S/C25H27N5O3S/c1-16-28-21(14-34-16)22-4-3-18-9-17(10-23(31-2)24(18)33-22)13-30-15-27-20-11-19(12-26-25(20)30)29-5-7-32-8-6-29/h9-12,14-15,22H,3-8,13H2,1-2H3. The maximum Gasteiger partial charge on any atom is 0.165 e. The van der Waals surface area contributed by atoms with Crippen LogP contribution in [-0.4, -0.2) is 52.9 Å². The molecule has 2 aliphatic heterocycles. The van der Waals surface area contributed by atoms with Gasteiger partial charge in [0, 0.05) is 18.5 Å². The van der Waals surface area contributed by atoms with Crippen molar-refractivity contribution in [2.24, 2.45) is 0 Å². The zero-order chi connectivity index (χ0) is 23.1. The quantitative estimate of drug-likeness (QED) is 0.427. The van der Waals surface area contributed by atoms with E-state index >= 15 is 0 Å². The predicted molar refractivity (Wildman–Crippen MR) is 131 cm³/mol. The fraction of sp³-hybridized carbons (Fsp3) is 0.400. The van der Waals surface area contributed by atoms with Crippen LogP contribution in [0.15, 0.2) is 36.1 Å². The highest BCUT2D eigenvalue weighted by Crippen LogP contribution is 2.42. The normalized spacial score (nSPS) is 18.1. The minimum atomic E-state index is -0.0281. The molecule has 0 aliphatic carbocycles. The number of fused-ring (bicyclic) bond motifs is 2. The third-order valence-electron chi connectivity index (χ3n) is 6.48. The Kier molecular flexibility index (Phi) is 5.58. The summed E-state index contributed by atoms with van der Waals surface area (Å²) in [6.07, 6.45) is 5.60. The molecule has 1 fully saturated rings. The monoisotopic (exact) mass is 477 g/mol. The average molecular weight is 478 g/mol. The Morgan fingerprint density at radius 3 is 2.85 bits per heavy atom. The molecule has 5 heterocycles. The van der Waals surface area contributed by atoms with Gasteiger partial charge < -0.3 is 23.7 Å². The Bertz CT molecular complexity index is 1310. The van der Waals surface area contributed by atoms with Gasteiger partial charge in [-0.25, -0.2) is 15.0 Å². The van der Waals surface area contributed by atoms with E-state index in [-0.39, 0.29) is 6.10 Å². The van der Waals surface area contributed by atoms with Gasteiger partial charge in [-0.2, -0.15) is 0 Å². The van der Waals surface area contributed by atoms with Crippen LogP contribution in [-0.2, 0) is 17.7 Å². The zero-order valence-electron chi connectivity index (χ0n) is 19.4. The molecule has 2 aliphatic rings. The van der Waals surface area contributed by atoms with Crippen LogP contribution in [0.5, 0.6) is 11.5 Å². The zero-order valence-corrected chi connectivity index (χ0v) is 20.2. The highest BCUT2D eigenvalue weighted by atomic mass is 32.1. The molecule has 9 heteroatoms. The van der Waals surface area contributed by atoms with E-state index in [2.05, 4.69) is 43.0 Å². The number of nitrogens with zero attached hydrogens (tertiary/aromatic N) is 5. The molecule has 1 unspecified atom stereocenters. The van der Waals surface area contributed by atoms with E-state index in [1.54, 1.807) is 18.4 Å². The van der Waals surface area contributed by atoms with Crippen molar-refractivity contribution in [1.82, 2.24) is 19.5 Å². The van der Waals surface area contributed by atoms with Crippen molar-refractivity contribution in [3.63, 3.8) is 0 Å². The number of methoxy groups -OCH3 is 1. The van der Waals surface area contributed by atoms with E-state index in [0.29, 0.717) is 6.54 Å². The first kappa shape index (κ1) is 21.4. The third-order valence-corrected chi connectivity index (χ3v) is 7.28.